The van der Waals surface area contributed by atoms with E-state index in [1.807, 2.05) is 0 Å². The van der Waals surface area contributed by atoms with Gasteiger partial charge in [-0.3, -0.25) is 0 Å². The van der Waals surface area contributed by atoms with Crippen LogP contribution in [0.3, 0.4) is 0 Å². The van der Waals surface area contributed by atoms with Gasteiger partial charge in [0.15, 0.2) is 0 Å². The lowest BCUT2D eigenvalue weighted by molar-refractivity contribution is 0.196. The van der Waals surface area contributed by atoms with Crippen LogP contribution in [-0.2, 0) is 6.54 Å². The molecule has 0 aliphatic heterocycles. The van der Waals surface area contributed by atoms with Crippen molar-refractivity contribution < 1.29 is 5.11 Å². The van der Waals surface area contributed by atoms with Crippen molar-refractivity contribution in [2.24, 2.45) is 5.41 Å². The molecule has 1 aromatic rings. The summed E-state index contributed by atoms with van der Waals surface area (Å²) in [5.41, 5.74) is 2.69. The molecule has 3 heteroatoms. The third-order valence-corrected chi connectivity index (χ3v) is 4.13. The molecule has 2 nitrogen and oxygen atoms in total. The summed E-state index contributed by atoms with van der Waals surface area (Å²) in [5, 5.41) is 12.7. The fourth-order valence-electron chi connectivity index (χ4n) is 2.03. The standard InChI is InChI=1S/C15H24BrNO/c1-11-9-12(5-6-13(11)16)10-17-14(7-8-18)15(2,3)4/h5-6,9,14,17-18H,7-8,10H2,1-4H3. The molecule has 0 fully saturated rings. The number of aliphatic hydroxyl groups is 1. The van der Waals surface area contributed by atoms with E-state index in [2.05, 4.69) is 67.1 Å². The van der Waals surface area contributed by atoms with Crippen molar-refractivity contribution in [3.63, 3.8) is 0 Å². The number of aliphatic hydroxyl groups excluding tert-OH is 1. The van der Waals surface area contributed by atoms with Crippen LogP contribution in [0.1, 0.15) is 38.3 Å². The van der Waals surface area contributed by atoms with Crippen molar-refractivity contribution >= 4 is 15.9 Å². The molecule has 1 unspecified atom stereocenters. The van der Waals surface area contributed by atoms with E-state index in [0.717, 1.165) is 17.4 Å². The molecule has 2 N–H and O–H groups in total. The molecule has 0 aliphatic carbocycles. The first-order valence-electron chi connectivity index (χ1n) is 6.44. The Labute approximate surface area is 119 Å². The van der Waals surface area contributed by atoms with Gasteiger partial charge in [0.1, 0.15) is 0 Å². The minimum Gasteiger partial charge on any atom is -0.396 e. The monoisotopic (exact) mass is 313 g/mol. The molecule has 0 radical (unpaired) electrons. The van der Waals surface area contributed by atoms with Crippen molar-refractivity contribution in [2.75, 3.05) is 6.61 Å². The number of benzene rings is 1. The summed E-state index contributed by atoms with van der Waals surface area (Å²) in [5.74, 6) is 0. The van der Waals surface area contributed by atoms with Crippen LogP contribution in [0.5, 0.6) is 0 Å². The second kappa shape index (κ2) is 6.69. The average Bonchev–Trinajstić information content (AvgIpc) is 2.27. The molecule has 1 atom stereocenters. The van der Waals surface area contributed by atoms with Crippen LogP contribution in [-0.4, -0.2) is 17.8 Å². The van der Waals surface area contributed by atoms with Crippen molar-refractivity contribution in [3.8, 4) is 0 Å². The second-order valence-electron chi connectivity index (χ2n) is 5.90. The van der Waals surface area contributed by atoms with Crippen LogP contribution in [0.15, 0.2) is 22.7 Å². The average molecular weight is 314 g/mol. The molecule has 0 amide bonds. The fourth-order valence-corrected chi connectivity index (χ4v) is 2.27. The Balaban J connectivity index is 2.64. The maximum absolute atomic E-state index is 9.13. The van der Waals surface area contributed by atoms with Crippen molar-refractivity contribution in [1.29, 1.82) is 0 Å². The highest BCUT2D eigenvalue weighted by Gasteiger charge is 2.23. The Morgan fingerprint density at radius 2 is 2.00 bits per heavy atom. The van der Waals surface area contributed by atoms with Crippen LogP contribution in [0.2, 0.25) is 0 Å². The summed E-state index contributed by atoms with van der Waals surface area (Å²) in [6.45, 7) is 9.78. The van der Waals surface area contributed by atoms with Gasteiger partial charge in [-0.15, -0.1) is 0 Å². The highest BCUT2D eigenvalue weighted by molar-refractivity contribution is 9.10. The number of nitrogens with one attached hydrogen (secondary N) is 1. The molecule has 1 rings (SSSR count). The van der Waals surface area contributed by atoms with Gasteiger partial charge in [0.25, 0.3) is 0 Å². The normalized spacial score (nSPS) is 13.7. The summed E-state index contributed by atoms with van der Waals surface area (Å²) in [4.78, 5) is 0. The van der Waals surface area contributed by atoms with Crippen LogP contribution in [0.4, 0.5) is 0 Å². The van der Waals surface area contributed by atoms with Gasteiger partial charge in [-0.2, -0.15) is 0 Å². The van der Waals surface area contributed by atoms with Gasteiger partial charge in [-0.05, 0) is 36.0 Å². The largest absolute Gasteiger partial charge is 0.396 e. The minimum absolute atomic E-state index is 0.160. The van der Waals surface area contributed by atoms with Gasteiger partial charge in [-0.25, -0.2) is 0 Å². The number of rotatable bonds is 5. The Morgan fingerprint density at radius 1 is 1.33 bits per heavy atom. The molecule has 102 valence electrons. The molecule has 0 aromatic heterocycles. The first kappa shape index (κ1) is 15.7. The van der Waals surface area contributed by atoms with E-state index >= 15 is 0 Å². The summed E-state index contributed by atoms with van der Waals surface area (Å²) >= 11 is 3.51. The number of aryl methyl sites for hydroxylation is 1. The third kappa shape index (κ3) is 4.71. The summed E-state index contributed by atoms with van der Waals surface area (Å²) in [7, 11) is 0. The molecule has 0 saturated carbocycles. The van der Waals surface area contributed by atoms with Gasteiger partial charge in [-0.1, -0.05) is 48.8 Å². The van der Waals surface area contributed by atoms with Gasteiger partial charge in [0.05, 0.1) is 0 Å². The molecule has 0 saturated heterocycles. The van der Waals surface area contributed by atoms with E-state index in [9.17, 15) is 0 Å². The molecule has 0 aliphatic rings. The molecule has 0 bridgehead atoms. The molecular formula is C15H24BrNO. The topological polar surface area (TPSA) is 32.3 Å². The van der Waals surface area contributed by atoms with Gasteiger partial charge in [0.2, 0.25) is 0 Å². The Kier molecular flexibility index (Phi) is 5.83. The quantitative estimate of drug-likeness (QED) is 0.869. The number of hydrogen-bond acceptors (Lipinski definition) is 2. The SMILES string of the molecule is Cc1cc(CNC(CCO)C(C)(C)C)ccc1Br. The predicted molar refractivity (Wildman–Crippen MR) is 80.7 cm³/mol. The van der Waals surface area contributed by atoms with Gasteiger partial charge in [0, 0.05) is 23.7 Å². The van der Waals surface area contributed by atoms with Crippen molar-refractivity contribution in [2.45, 2.75) is 46.7 Å². The Morgan fingerprint density at radius 3 is 2.50 bits per heavy atom. The lowest BCUT2D eigenvalue weighted by atomic mass is 9.85. The Hall–Kier alpha value is -0.380. The van der Waals surface area contributed by atoms with E-state index in [0.29, 0.717) is 6.04 Å². The zero-order valence-corrected chi connectivity index (χ0v) is 13.3. The zero-order chi connectivity index (χ0) is 13.8. The molecule has 1 aromatic carbocycles. The van der Waals surface area contributed by atoms with Gasteiger partial charge < -0.3 is 10.4 Å². The maximum Gasteiger partial charge on any atom is 0.0446 e. The Bertz CT molecular complexity index is 385. The zero-order valence-electron chi connectivity index (χ0n) is 11.8. The fraction of sp³-hybridized carbons (Fsp3) is 0.600. The second-order valence-corrected chi connectivity index (χ2v) is 6.75. The maximum atomic E-state index is 9.13. The van der Waals surface area contributed by atoms with Crippen LogP contribution >= 0.6 is 15.9 Å². The van der Waals surface area contributed by atoms with Gasteiger partial charge >= 0.3 is 0 Å². The highest BCUT2D eigenvalue weighted by Crippen LogP contribution is 2.22. The van der Waals surface area contributed by atoms with Crippen molar-refractivity contribution in [3.05, 3.63) is 33.8 Å². The molecular weight excluding hydrogens is 290 g/mol. The summed E-state index contributed by atoms with van der Waals surface area (Å²) in [6.07, 6.45) is 0.791. The first-order chi connectivity index (χ1) is 8.34. The predicted octanol–water partition coefficient (Wildman–Crippen LogP) is 3.64. The van der Waals surface area contributed by atoms with E-state index in [-0.39, 0.29) is 12.0 Å². The smallest absolute Gasteiger partial charge is 0.0446 e. The van der Waals surface area contributed by atoms with E-state index in [1.165, 1.54) is 11.1 Å². The van der Waals surface area contributed by atoms with E-state index < -0.39 is 0 Å². The van der Waals surface area contributed by atoms with E-state index in [4.69, 9.17) is 5.11 Å². The number of hydrogen-bond donors (Lipinski definition) is 2. The summed E-state index contributed by atoms with van der Waals surface area (Å²) < 4.78 is 1.15. The highest BCUT2D eigenvalue weighted by atomic mass is 79.9. The number of halogens is 1. The summed E-state index contributed by atoms with van der Waals surface area (Å²) in [6, 6.07) is 6.73. The lowest BCUT2D eigenvalue weighted by Gasteiger charge is -2.31. The van der Waals surface area contributed by atoms with Crippen LogP contribution in [0.25, 0.3) is 0 Å². The van der Waals surface area contributed by atoms with E-state index in [1.54, 1.807) is 0 Å². The lowest BCUT2D eigenvalue weighted by Crippen LogP contribution is -2.40. The minimum atomic E-state index is 0.160. The molecule has 18 heavy (non-hydrogen) atoms. The van der Waals surface area contributed by atoms with Crippen LogP contribution < -0.4 is 5.32 Å². The molecule has 0 heterocycles. The van der Waals surface area contributed by atoms with Crippen LogP contribution in [0, 0.1) is 12.3 Å². The molecule has 0 spiro atoms. The third-order valence-electron chi connectivity index (χ3n) is 3.24. The van der Waals surface area contributed by atoms with Crippen molar-refractivity contribution in [1.82, 2.24) is 5.32 Å². The first-order valence-corrected chi connectivity index (χ1v) is 7.23.